The lowest BCUT2D eigenvalue weighted by molar-refractivity contribution is 0.624. The summed E-state index contributed by atoms with van der Waals surface area (Å²) in [4.78, 5) is 0. The molecule has 2 aromatic rings. The van der Waals surface area contributed by atoms with Crippen LogP contribution in [0.2, 0.25) is 5.02 Å². The molecule has 4 heteroatoms. The van der Waals surface area contributed by atoms with Gasteiger partial charge in [-0.15, -0.1) is 0 Å². The van der Waals surface area contributed by atoms with E-state index in [0.717, 1.165) is 11.3 Å². The zero-order valence-electron chi connectivity index (χ0n) is 9.67. The summed E-state index contributed by atoms with van der Waals surface area (Å²) in [6.07, 6.45) is 0. The highest BCUT2D eigenvalue weighted by molar-refractivity contribution is 6.30. The molecule has 2 nitrogen and oxygen atoms in total. The molecule has 18 heavy (non-hydrogen) atoms. The van der Waals surface area contributed by atoms with Crippen LogP contribution in [0.3, 0.4) is 0 Å². The van der Waals surface area contributed by atoms with E-state index in [1.54, 1.807) is 24.3 Å². The molecule has 0 radical (unpaired) electrons. The minimum Gasteiger partial charge on any atom is -0.354 e. The molecule has 0 unspecified atom stereocenters. The summed E-state index contributed by atoms with van der Waals surface area (Å²) < 4.78 is 13.4. The van der Waals surface area contributed by atoms with Crippen LogP contribution in [0.1, 0.15) is 11.1 Å². The van der Waals surface area contributed by atoms with Gasteiger partial charge in [-0.1, -0.05) is 23.7 Å². The predicted octanol–water partition coefficient (Wildman–Crippen LogP) is 4.40. The van der Waals surface area contributed by atoms with Crippen LogP contribution in [0.4, 0.5) is 15.8 Å². The Balaban J connectivity index is 2.44. The Hall–Kier alpha value is -2.05. The average molecular weight is 261 g/mol. The number of rotatable bonds is 2. The number of hydrogen-bond acceptors (Lipinski definition) is 2. The number of anilines is 2. The van der Waals surface area contributed by atoms with Gasteiger partial charge in [0.2, 0.25) is 0 Å². The molecular weight excluding hydrogens is 251 g/mol. The summed E-state index contributed by atoms with van der Waals surface area (Å²) in [5.41, 5.74) is 2.15. The maximum absolute atomic E-state index is 13.4. The molecule has 0 aliphatic rings. The number of benzene rings is 2. The molecule has 0 aromatic heterocycles. The van der Waals surface area contributed by atoms with Gasteiger partial charge in [0.15, 0.2) is 0 Å². The Labute approximate surface area is 110 Å². The molecule has 0 aliphatic carbocycles. The lowest BCUT2D eigenvalue weighted by Crippen LogP contribution is -1.97. The first-order valence-electron chi connectivity index (χ1n) is 5.33. The van der Waals surface area contributed by atoms with Crippen molar-refractivity contribution in [1.82, 2.24) is 0 Å². The van der Waals surface area contributed by atoms with Crippen molar-refractivity contribution < 1.29 is 4.39 Å². The van der Waals surface area contributed by atoms with Crippen molar-refractivity contribution in [2.75, 3.05) is 5.32 Å². The summed E-state index contributed by atoms with van der Waals surface area (Å²) in [6.45, 7) is 1.91. The number of nitrogens with zero attached hydrogens (tertiary/aromatic N) is 1. The van der Waals surface area contributed by atoms with Crippen molar-refractivity contribution in [2.45, 2.75) is 6.92 Å². The van der Waals surface area contributed by atoms with Gasteiger partial charge in [-0.2, -0.15) is 5.26 Å². The lowest BCUT2D eigenvalue weighted by Gasteiger charge is -2.11. The second-order valence-electron chi connectivity index (χ2n) is 3.86. The lowest BCUT2D eigenvalue weighted by atomic mass is 10.1. The van der Waals surface area contributed by atoms with E-state index in [-0.39, 0.29) is 5.56 Å². The Bertz CT molecular complexity index is 632. The average Bonchev–Trinajstić information content (AvgIpc) is 2.34. The van der Waals surface area contributed by atoms with Crippen LogP contribution >= 0.6 is 11.6 Å². The van der Waals surface area contributed by atoms with Crippen LogP contribution in [-0.2, 0) is 0 Å². The largest absolute Gasteiger partial charge is 0.354 e. The van der Waals surface area contributed by atoms with Crippen molar-refractivity contribution in [1.29, 1.82) is 5.26 Å². The fourth-order valence-electron chi connectivity index (χ4n) is 1.62. The molecule has 0 heterocycles. The zero-order valence-corrected chi connectivity index (χ0v) is 10.4. The molecule has 0 amide bonds. The SMILES string of the molecule is Cc1ccc(Cl)cc1Nc1cccc(F)c1C#N. The Morgan fingerprint density at radius 3 is 2.72 bits per heavy atom. The third-order valence-corrected chi connectivity index (χ3v) is 2.83. The van der Waals surface area contributed by atoms with Gasteiger partial charge in [0.05, 0.1) is 5.69 Å². The number of hydrogen-bond donors (Lipinski definition) is 1. The highest BCUT2D eigenvalue weighted by Crippen LogP contribution is 2.26. The standard InChI is InChI=1S/C14H10ClFN2/c1-9-5-6-10(15)7-14(9)18-13-4-2-3-12(16)11(13)8-17/h2-7,18H,1H3. The van der Waals surface area contributed by atoms with E-state index in [1.165, 1.54) is 6.07 Å². The summed E-state index contributed by atoms with van der Waals surface area (Å²) in [6, 6.07) is 11.7. The maximum Gasteiger partial charge on any atom is 0.143 e. The van der Waals surface area contributed by atoms with Gasteiger partial charge in [0.1, 0.15) is 17.4 Å². The highest BCUT2D eigenvalue weighted by Gasteiger charge is 2.08. The normalized spacial score (nSPS) is 9.89. The Morgan fingerprint density at radius 1 is 1.22 bits per heavy atom. The van der Waals surface area contributed by atoms with Gasteiger partial charge in [-0.3, -0.25) is 0 Å². The van der Waals surface area contributed by atoms with Crippen molar-refractivity contribution >= 4 is 23.0 Å². The fraction of sp³-hybridized carbons (Fsp3) is 0.0714. The number of aryl methyl sites for hydroxylation is 1. The van der Waals surface area contributed by atoms with E-state index >= 15 is 0 Å². The topological polar surface area (TPSA) is 35.8 Å². The first-order valence-corrected chi connectivity index (χ1v) is 5.71. The quantitative estimate of drug-likeness (QED) is 0.869. The first kappa shape index (κ1) is 12.4. The monoisotopic (exact) mass is 260 g/mol. The highest BCUT2D eigenvalue weighted by atomic mass is 35.5. The predicted molar refractivity (Wildman–Crippen MR) is 70.6 cm³/mol. The second kappa shape index (κ2) is 5.07. The van der Waals surface area contributed by atoms with Crippen molar-refractivity contribution in [3.63, 3.8) is 0 Å². The molecule has 0 atom stereocenters. The summed E-state index contributed by atoms with van der Waals surface area (Å²) in [5.74, 6) is -0.540. The van der Waals surface area contributed by atoms with E-state index < -0.39 is 5.82 Å². The third-order valence-electron chi connectivity index (χ3n) is 2.59. The molecule has 2 rings (SSSR count). The smallest absolute Gasteiger partial charge is 0.143 e. The third kappa shape index (κ3) is 2.44. The van der Waals surface area contributed by atoms with Crippen LogP contribution in [-0.4, -0.2) is 0 Å². The minimum absolute atomic E-state index is 0.00289. The van der Waals surface area contributed by atoms with Gasteiger partial charge >= 0.3 is 0 Å². The van der Waals surface area contributed by atoms with Gasteiger partial charge in [-0.05, 0) is 36.8 Å². The minimum atomic E-state index is -0.540. The molecule has 0 fully saturated rings. The number of halogens is 2. The van der Waals surface area contributed by atoms with Crippen LogP contribution in [0.25, 0.3) is 0 Å². The van der Waals surface area contributed by atoms with Crippen molar-refractivity contribution in [3.05, 3.63) is 58.4 Å². The van der Waals surface area contributed by atoms with Gasteiger partial charge in [0.25, 0.3) is 0 Å². The van der Waals surface area contributed by atoms with Gasteiger partial charge in [0, 0.05) is 10.7 Å². The van der Waals surface area contributed by atoms with E-state index in [4.69, 9.17) is 16.9 Å². The van der Waals surface area contributed by atoms with Crippen molar-refractivity contribution in [2.24, 2.45) is 0 Å². The van der Waals surface area contributed by atoms with Gasteiger partial charge in [-0.25, -0.2) is 4.39 Å². The molecule has 1 N–H and O–H groups in total. The van der Waals surface area contributed by atoms with Crippen LogP contribution < -0.4 is 5.32 Å². The molecule has 0 bridgehead atoms. The van der Waals surface area contributed by atoms with Crippen LogP contribution in [0, 0.1) is 24.1 Å². The first-order chi connectivity index (χ1) is 8.61. The Kier molecular flexibility index (Phi) is 3.50. The number of nitrogens with one attached hydrogen (secondary N) is 1. The maximum atomic E-state index is 13.4. The number of nitriles is 1. The van der Waals surface area contributed by atoms with Crippen LogP contribution in [0.5, 0.6) is 0 Å². The van der Waals surface area contributed by atoms with Gasteiger partial charge < -0.3 is 5.32 Å². The second-order valence-corrected chi connectivity index (χ2v) is 4.29. The zero-order chi connectivity index (χ0) is 13.1. The summed E-state index contributed by atoms with van der Waals surface area (Å²) >= 11 is 5.91. The summed E-state index contributed by atoms with van der Waals surface area (Å²) in [5, 5.41) is 12.6. The van der Waals surface area contributed by atoms with Crippen LogP contribution in [0.15, 0.2) is 36.4 Å². The molecule has 0 saturated heterocycles. The Morgan fingerprint density at radius 2 is 2.00 bits per heavy atom. The molecule has 0 spiro atoms. The van der Waals surface area contributed by atoms with Crippen molar-refractivity contribution in [3.8, 4) is 6.07 Å². The molecule has 0 aliphatic heterocycles. The van der Waals surface area contributed by atoms with E-state index in [1.807, 2.05) is 19.1 Å². The summed E-state index contributed by atoms with van der Waals surface area (Å²) in [7, 11) is 0. The molecular formula is C14H10ClFN2. The van der Waals surface area contributed by atoms with E-state index in [0.29, 0.717) is 10.7 Å². The van der Waals surface area contributed by atoms with E-state index in [9.17, 15) is 4.39 Å². The molecule has 90 valence electrons. The molecule has 0 saturated carbocycles. The fourth-order valence-corrected chi connectivity index (χ4v) is 1.79. The molecule has 2 aromatic carbocycles. The van der Waals surface area contributed by atoms with E-state index in [2.05, 4.69) is 5.32 Å².